The Morgan fingerprint density at radius 2 is 1.50 bits per heavy atom. The van der Waals surface area contributed by atoms with Gasteiger partial charge in [-0.1, -0.05) is 74.5 Å². The summed E-state index contributed by atoms with van der Waals surface area (Å²) in [7, 11) is -2.58. The van der Waals surface area contributed by atoms with Crippen LogP contribution in [0.15, 0.2) is 89.8 Å². The Labute approximate surface area is 258 Å². The molecule has 2 N–H and O–H groups in total. The number of carboxylic acids is 1. The van der Waals surface area contributed by atoms with E-state index in [1.54, 1.807) is 19.2 Å². The molecule has 0 saturated heterocycles. The minimum absolute atomic E-state index is 0.0975. The lowest BCUT2D eigenvalue weighted by Gasteiger charge is -2.22. The summed E-state index contributed by atoms with van der Waals surface area (Å²) in [6, 6.07) is 24.3. The second-order valence-electron chi connectivity index (χ2n) is 11.3. The first-order chi connectivity index (χ1) is 20.9. The molecule has 1 aromatic heterocycles. The number of aliphatic hydroxyl groups excluding tert-OH is 2. The summed E-state index contributed by atoms with van der Waals surface area (Å²) >= 11 is 0. The Balaban J connectivity index is 1.94. The van der Waals surface area contributed by atoms with Gasteiger partial charge in [-0.05, 0) is 59.7 Å². The number of aliphatic carboxylic acids is 1. The van der Waals surface area contributed by atoms with Crippen molar-refractivity contribution in [1.82, 2.24) is 8.87 Å². The van der Waals surface area contributed by atoms with Crippen LogP contribution in [0.25, 0.3) is 22.4 Å². The van der Waals surface area contributed by atoms with E-state index in [1.807, 2.05) is 79.1 Å². The van der Waals surface area contributed by atoms with Gasteiger partial charge in [0.1, 0.15) is 10.7 Å². The van der Waals surface area contributed by atoms with Crippen molar-refractivity contribution < 1.29 is 32.9 Å². The first-order valence-electron chi connectivity index (χ1n) is 14.5. The largest absolute Gasteiger partial charge is 0.550 e. The Morgan fingerprint density at radius 3 is 2.07 bits per heavy atom. The van der Waals surface area contributed by atoms with Crippen LogP contribution in [0.5, 0.6) is 0 Å². The van der Waals surface area contributed by atoms with Crippen LogP contribution in [-0.2, 0) is 27.9 Å². The molecular formula is C34H38FN2O6S-. The van der Waals surface area contributed by atoms with Crippen molar-refractivity contribution >= 4 is 16.0 Å². The summed E-state index contributed by atoms with van der Waals surface area (Å²) in [5.41, 5.74) is 3.60. The summed E-state index contributed by atoms with van der Waals surface area (Å²) in [5.74, 6) is -2.15. The molecule has 0 aliphatic heterocycles. The molecule has 0 saturated carbocycles. The number of sulfonamides is 1. The molecule has 3 aromatic carbocycles. The molecule has 4 aromatic rings. The van der Waals surface area contributed by atoms with Crippen LogP contribution in [0.4, 0.5) is 4.39 Å². The van der Waals surface area contributed by atoms with Crippen molar-refractivity contribution in [3.63, 3.8) is 0 Å². The number of nitrogens with zero attached hydrogens (tertiary/aromatic N) is 2. The van der Waals surface area contributed by atoms with Gasteiger partial charge < -0.3 is 24.7 Å². The van der Waals surface area contributed by atoms with Gasteiger partial charge in [-0.3, -0.25) is 0 Å². The van der Waals surface area contributed by atoms with E-state index in [-0.39, 0.29) is 36.7 Å². The minimum Gasteiger partial charge on any atom is -0.550 e. The van der Waals surface area contributed by atoms with Crippen LogP contribution in [0, 0.1) is 5.82 Å². The molecule has 0 aliphatic carbocycles. The van der Waals surface area contributed by atoms with Crippen molar-refractivity contribution in [2.45, 2.75) is 69.2 Å². The van der Waals surface area contributed by atoms with Gasteiger partial charge in [0.25, 0.3) is 0 Å². The topological polar surface area (TPSA) is 123 Å². The van der Waals surface area contributed by atoms with E-state index in [1.165, 1.54) is 16.4 Å². The lowest BCUT2D eigenvalue weighted by atomic mass is 10.0. The normalized spacial score (nSPS) is 13.4. The van der Waals surface area contributed by atoms with E-state index in [4.69, 9.17) is 0 Å². The molecular weight excluding hydrogens is 583 g/mol. The van der Waals surface area contributed by atoms with Gasteiger partial charge in [0.2, 0.25) is 10.0 Å². The SMILES string of the molecule is CC(C)c1c(S(=O)(=O)N(C)Cc2ccccc2)c(-c2ccccc2)c(-c2ccc(F)cc2)n1CC[C@@H](O)C[C@@H](O)CC(=O)[O-]. The molecule has 44 heavy (non-hydrogen) atoms. The van der Waals surface area contributed by atoms with Gasteiger partial charge in [-0.25, -0.2) is 12.8 Å². The average molecular weight is 622 g/mol. The number of carbonyl (C=O) groups is 1. The third kappa shape index (κ3) is 7.62. The molecule has 4 rings (SSSR count). The summed E-state index contributed by atoms with van der Waals surface area (Å²) in [6.07, 6.45) is -3.06. The number of carbonyl (C=O) groups excluding carboxylic acids is 1. The van der Waals surface area contributed by atoms with Gasteiger partial charge in [0.05, 0.1) is 17.9 Å². The quantitative estimate of drug-likeness (QED) is 0.213. The standard InChI is InChI=1S/C34H39FN2O6S/c1-23(2)32-34(44(42,43)36(3)22-24-10-6-4-7-11-24)31(25-12-8-5-9-13-25)33(26-14-16-27(35)17-15-26)37(32)19-18-28(38)20-29(39)21-30(40)41/h4-17,23,28-29,38-39H,18-22H2,1-3H3,(H,40,41)/p-1/t28-,29-/m1/s1. The minimum atomic E-state index is -4.12. The Bertz CT molecular complexity index is 1660. The average Bonchev–Trinajstić information content (AvgIpc) is 3.33. The highest BCUT2D eigenvalue weighted by Gasteiger charge is 2.36. The van der Waals surface area contributed by atoms with Crippen molar-refractivity contribution in [2.75, 3.05) is 7.05 Å². The molecule has 10 heteroatoms. The predicted octanol–water partition coefficient (Wildman–Crippen LogP) is 4.55. The summed E-state index contributed by atoms with van der Waals surface area (Å²) in [5, 5.41) is 31.7. The highest BCUT2D eigenvalue weighted by atomic mass is 32.2. The van der Waals surface area contributed by atoms with Crippen molar-refractivity contribution in [2.24, 2.45) is 0 Å². The molecule has 1 heterocycles. The third-order valence-electron chi connectivity index (χ3n) is 7.53. The van der Waals surface area contributed by atoms with Gasteiger partial charge in [0.15, 0.2) is 0 Å². The van der Waals surface area contributed by atoms with Crippen LogP contribution in [0.3, 0.4) is 0 Å². The number of aliphatic hydroxyl groups is 2. The van der Waals surface area contributed by atoms with Crippen LogP contribution in [0.1, 0.15) is 50.3 Å². The Kier molecular flexibility index (Phi) is 10.7. The lowest BCUT2D eigenvalue weighted by Crippen LogP contribution is -2.30. The van der Waals surface area contributed by atoms with Crippen LogP contribution in [-0.4, -0.2) is 52.7 Å². The van der Waals surface area contributed by atoms with Crippen molar-refractivity contribution in [1.29, 1.82) is 0 Å². The van der Waals surface area contributed by atoms with Gasteiger partial charge in [-0.15, -0.1) is 0 Å². The maximum Gasteiger partial charge on any atom is 0.245 e. The zero-order valence-electron chi connectivity index (χ0n) is 25.1. The summed E-state index contributed by atoms with van der Waals surface area (Å²) < 4.78 is 46.5. The van der Waals surface area contributed by atoms with Crippen LogP contribution < -0.4 is 5.11 Å². The molecule has 8 nitrogen and oxygen atoms in total. The first kappa shape index (κ1) is 33.1. The lowest BCUT2D eigenvalue weighted by molar-refractivity contribution is -0.307. The number of benzene rings is 3. The smallest absolute Gasteiger partial charge is 0.245 e. The maximum atomic E-state index is 14.6. The zero-order chi connectivity index (χ0) is 32.0. The number of rotatable bonds is 14. The van der Waals surface area contributed by atoms with Gasteiger partial charge in [-0.2, -0.15) is 4.31 Å². The summed E-state index contributed by atoms with van der Waals surface area (Å²) in [6.45, 7) is 4.08. The Morgan fingerprint density at radius 1 is 0.909 bits per heavy atom. The predicted molar refractivity (Wildman–Crippen MR) is 165 cm³/mol. The second kappa shape index (κ2) is 14.3. The number of carboxylic acid groups (broad SMARTS) is 1. The molecule has 0 aliphatic rings. The second-order valence-corrected chi connectivity index (χ2v) is 13.3. The van der Waals surface area contributed by atoms with E-state index >= 15 is 0 Å². The van der Waals surface area contributed by atoms with E-state index < -0.39 is 40.4 Å². The fourth-order valence-electron chi connectivity index (χ4n) is 5.53. The molecule has 0 spiro atoms. The monoisotopic (exact) mass is 621 g/mol. The van der Waals surface area contributed by atoms with Crippen molar-refractivity contribution in [3.8, 4) is 22.4 Å². The van der Waals surface area contributed by atoms with E-state index in [2.05, 4.69) is 0 Å². The molecule has 0 fully saturated rings. The number of halogens is 1. The fraction of sp³-hybridized carbons (Fsp3) is 0.324. The van der Waals surface area contributed by atoms with E-state index in [0.717, 1.165) is 5.56 Å². The highest BCUT2D eigenvalue weighted by molar-refractivity contribution is 7.89. The van der Waals surface area contributed by atoms with Crippen molar-refractivity contribution in [3.05, 3.63) is 102 Å². The number of aromatic nitrogens is 1. The molecule has 0 bridgehead atoms. The Hall–Kier alpha value is -3.83. The van der Waals surface area contributed by atoms with Crippen LogP contribution in [0.2, 0.25) is 0 Å². The van der Waals surface area contributed by atoms with Gasteiger partial charge in [0, 0.05) is 43.8 Å². The van der Waals surface area contributed by atoms with Gasteiger partial charge >= 0.3 is 0 Å². The molecule has 0 unspecified atom stereocenters. The maximum absolute atomic E-state index is 14.6. The number of hydrogen-bond donors (Lipinski definition) is 2. The van der Waals surface area contributed by atoms with Crippen LogP contribution >= 0.6 is 0 Å². The highest BCUT2D eigenvalue weighted by Crippen LogP contribution is 2.45. The summed E-state index contributed by atoms with van der Waals surface area (Å²) in [4.78, 5) is 11.0. The van der Waals surface area contributed by atoms with E-state index in [0.29, 0.717) is 28.1 Å². The molecule has 2 atom stereocenters. The fourth-order valence-corrected chi connectivity index (χ4v) is 7.24. The first-order valence-corrected chi connectivity index (χ1v) is 16.0. The third-order valence-corrected chi connectivity index (χ3v) is 9.41. The molecule has 0 amide bonds. The zero-order valence-corrected chi connectivity index (χ0v) is 25.9. The number of hydrogen-bond acceptors (Lipinski definition) is 6. The molecule has 0 radical (unpaired) electrons. The van der Waals surface area contributed by atoms with E-state index in [9.17, 15) is 32.9 Å². The molecule has 234 valence electrons.